The van der Waals surface area contributed by atoms with Gasteiger partial charge in [-0.1, -0.05) is 18.2 Å². The Balaban J connectivity index is 2.21. The Bertz CT molecular complexity index is 531. The zero-order valence-electron chi connectivity index (χ0n) is 11.3. The van der Waals surface area contributed by atoms with Crippen molar-refractivity contribution in [1.29, 1.82) is 0 Å². The van der Waals surface area contributed by atoms with Gasteiger partial charge in [0.25, 0.3) is 0 Å². The van der Waals surface area contributed by atoms with Gasteiger partial charge in [0.2, 0.25) is 0 Å². The van der Waals surface area contributed by atoms with Gasteiger partial charge in [-0.05, 0) is 32.4 Å². The zero-order chi connectivity index (χ0) is 13.1. The van der Waals surface area contributed by atoms with Crippen molar-refractivity contribution in [2.45, 2.75) is 27.3 Å². The van der Waals surface area contributed by atoms with E-state index in [-0.39, 0.29) is 0 Å². The molecule has 2 aromatic rings. The summed E-state index contributed by atoms with van der Waals surface area (Å²) in [7, 11) is 2.05. The molecule has 0 saturated heterocycles. The second kappa shape index (κ2) is 5.12. The van der Waals surface area contributed by atoms with Gasteiger partial charge in [-0.3, -0.25) is 0 Å². The van der Waals surface area contributed by atoms with Crippen LogP contribution >= 0.6 is 0 Å². The number of nitrogens with zero attached hydrogens (tertiary/aromatic N) is 4. The molecule has 0 amide bonds. The Morgan fingerprint density at radius 3 is 2.17 bits per heavy atom. The minimum absolute atomic E-state index is 0.690. The van der Waals surface area contributed by atoms with E-state index in [9.17, 15) is 0 Å². The van der Waals surface area contributed by atoms with Gasteiger partial charge in [-0.15, -0.1) is 0 Å². The summed E-state index contributed by atoms with van der Waals surface area (Å²) >= 11 is 0. The number of aryl methyl sites for hydroxylation is 3. The average molecular weight is 242 g/mol. The first kappa shape index (κ1) is 12.5. The summed E-state index contributed by atoms with van der Waals surface area (Å²) in [5.74, 6) is 2.36. The largest absolute Gasteiger partial charge is 0.367 e. The summed E-state index contributed by atoms with van der Waals surface area (Å²) in [6.45, 7) is 6.59. The van der Waals surface area contributed by atoms with E-state index in [2.05, 4.69) is 46.0 Å². The SMILES string of the molecule is Cc1nc(C)nc(CN(C)c2ccccc2C)n1. The van der Waals surface area contributed by atoms with Crippen molar-refractivity contribution in [3.8, 4) is 0 Å². The van der Waals surface area contributed by atoms with Crippen molar-refractivity contribution in [2.75, 3.05) is 11.9 Å². The highest BCUT2D eigenvalue weighted by molar-refractivity contribution is 5.52. The molecule has 4 nitrogen and oxygen atoms in total. The van der Waals surface area contributed by atoms with Gasteiger partial charge in [0, 0.05) is 12.7 Å². The quantitative estimate of drug-likeness (QED) is 0.829. The van der Waals surface area contributed by atoms with Gasteiger partial charge in [-0.2, -0.15) is 0 Å². The van der Waals surface area contributed by atoms with Crippen LogP contribution < -0.4 is 4.90 Å². The van der Waals surface area contributed by atoms with Crippen molar-refractivity contribution in [3.05, 3.63) is 47.3 Å². The molecule has 1 aromatic heterocycles. The Morgan fingerprint density at radius 1 is 0.944 bits per heavy atom. The third-order valence-electron chi connectivity index (χ3n) is 2.81. The van der Waals surface area contributed by atoms with E-state index in [1.165, 1.54) is 11.3 Å². The highest BCUT2D eigenvalue weighted by Gasteiger charge is 2.07. The van der Waals surface area contributed by atoms with E-state index in [0.717, 1.165) is 17.5 Å². The maximum atomic E-state index is 4.37. The van der Waals surface area contributed by atoms with Crippen molar-refractivity contribution < 1.29 is 0 Å². The number of para-hydroxylation sites is 1. The molecule has 1 aromatic carbocycles. The second-order valence-electron chi connectivity index (χ2n) is 4.49. The van der Waals surface area contributed by atoms with Crippen LogP contribution in [0.1, 0.15) is 23.0 Å². The topological polar surface area (TPSA) is 41.9 Å². The van der Waals surface area contributed by atoms with Gasteiger partial charge in [-0.25, -0.2) is 15.0 Å². The summed E-state index contributed by atoms with van der Waals surface area (Å²) < 4.78 is 0. The van der Waals surface area contributed by atoms with E-state index in [0.29, 0.717) is 6.54 Å². The smallest absolute Gasteiger partial charge is 0.151 e. The number of rotatable bonds is 3. The minimum Gasteiger partial charge on any atom is -0.367 e. The first-order valence-corrected chi connectivity index (χ1v) is 6.01. The standard InChI is InChI=1S/C14H18N4/c1-10-7-5-6-8-13(10)18(4)9-14-16-11(2)15-12(3)17-14/h5-8H,9H2,1-4H3. The molecule has 0 aliphatic rings. The van der Waals surface area contributed by atoms with Crippen LogP contribution in [0.3, 0.4) is 0 Å². The Morgan fingerprint density at radius 2 is 1.56 bits per heavy atom. The number of anilines is 1. The normalized spacial score (nSPS) is 10.4. The monoisotopic (exact) mass is 242 g/mol. The average Bonchev–Trinajstić information content (AvgIpc) is 2.27. The Labute approximate surface area is 108 Å². The second-order valence-corrected chi connectivity index (χ2v) is 4.49. The van der Waals surface area contributed by atoms with Crippen LogP contribution in [0.5, 0.6) is 0 Å². The van der Waals surface area contributed by atoms with Gasteiger partial charge in [0.15, 0.2) is 5.82 Å². The lowest BCUT2D eigenvalue weighted by molar-refractivity contribution is 0.781. The Hall–Kier alpha value is -1.97. The maximum absolute atomic E-state index is 4.37. The highest BCUT2D eigenvalue weighted by Crippen LogP contribution is 2.18. The van der Waals surface area contributed by atoms with Crippen molar-refractivity contribution in [3.63, 3.8) is 0 Å². The lowest BCUT2D eigenvalue weighted by atomic mass is 10.2. The predicted molar refractivity (Wildman–Crippen MR) is 72.6 cm³/mol. The first-order chi connectivity index (χ1) is 8.56. The molecule has 0 unspecified atom stereocenters. The van der Waals surface area contributed by atoms with Gasteiger partial charge >= 0.3 is 0 Å². The summed E-state index contributed by atoms with van der Waals surface area (Å²) in [4.78, 5) is 15.1. The molecule has 0 bridgehead atoms. The van der Waals surface area contributed by atoms with E-state index >= 15 is 0 Å². The molecule has 0 atom stereocenters. The minimum atomic E-state index is 0.690. The van der Waals surface area contributed by atoms with Crippen LogP contribution in [0.2, 0.25) is 0 Å². The fraction of sp³-hybridized carbons (Fsp3) is 0.357. The van der Waals surface area contributed by atoms with Crippen molar-refractivity contribution in [1.82, 2.24) is 15.0 Å². The number of aromatic nitrogens is 3. The van der Waals surface area contributed by atoms with Crippen LogP contribution in [-0.2, 0) is 6.54 Å². The first-order valence-electron chi connectivity index (χ1n) is 6.01. The molecule has 4 heteroatoms. The maximum Gasteiger partial charge on any atom is 0.151 e. The molecular formula is C14H18N4. The molecule has 2 rings (SSSR count). The van der Waals surface area contributed by atoms with Crippen molar-refractivity contribution in [2.24, 2.45) is 0 Å². The summed E-state index contributed by atoms with van der Waals surface area (Å²) in [5, 5.41) is 0. The number of hydrogen-bond acceptors (Lipinski definition) is 4. The van der Waals surface area contributed by atoms with Crippen LogP contribution in [0.25, 0.3) is 0 Å². The molecule has 0 aliphatic carbocycles. The van der Waals surface area contributed by atoms with Crippen LogP contribution in [0, 0.1) is 20.8 Å². The molecule has 1 heterocycles. The van der Waals surface area contributed by atoms with E-state index < -0.39 is 0 Å². The molecule has 18 heavy (non-hydrogen) atoms. The fourth-order valence-electron chi connectivity index (χ4n) is 2.04. The molecule has 0 N–H and O–H groups in total. The lowest BCUT2D eigenvalue weighted by Crippen LogP contribution is -2.20. The van der Waals surface area contributed by atoms with Gasteiger partial charge < -0.3 is 4.90 Å². The fourth-order valence-corrected chi connectivity index (χ4v) is 2.04. The molecule has 0 saturated carbocycles. The van der Waals surface area contributed by atoms with Crippen molar-refractivity contribution >= 4 is 5.69 Å². The van der Waals surface area contributed by atoms with E-state index in [1.807, 2.05) is 26.0 Å². The molecule has 0 fully saturated rings. The zero-order valence-corrected chi connectivity index (χ0v) is 11.3. The third kappa shape index (κ3) is 2.83. The van der Waals surface area contributed by atoms with E-state index in [4.69, 9.17) is 0 Å². The van der Waals surface area contributed by atoms with Gasteiger partial charge in [0.1, 0.15) is 11.6 Å². The molecule has 0 spiro atoms. The van der Waals surface area contributed by atoms with Crippen LogP contribution in [0.4, 0.5) is 5.69 Å². The van der Waals surface area contributed by atoms with Crippen LogP contribution in [-0.4, -0.2) is 22.0 Å². The molecule has 94 valence electrons. The molecule has 0 radical (unpaired) electrons. The number of benzene rings is 1. The summed E-state index contributed by atoms with van der Waals surface area (Å²) in [6.07, 6.45) is 0. The van der Waals surface area contributed by atoms with E-state index in [1.54, 1.807) is 0 Å². The molecular weight excluding hydrogens is 224 g/mol. The highest BCUT2D eigenvalue weighted by atomic mass is 15.1. The summed E-state index contributed by atoms with van der Waals surface area (Å²) in [6, 6.07) is 8.30. The van der Waals surface area contributed by atoms with Gasteiger partial charge in [0.05, 0.1) is 6.54 Å². The Kier molecular flexibility index (Phi) is 3.55. The predicted octanol–water partition coefficient (Wildman–Crippen LogP) is 2.43. The summed E-state index contributed by atoms with van der Waals surface area (Å²) in [5.41, 5.74) is 2.45. The lowest BCUT2D eigenvalue weighted by Gasteiger charge is -2.20. The molecule has 0 aliphatic heterocycles. The number of hydrogen-bond donors (Lipinski definition) is 0. The third-order valence-corrected chi connectivity index (χ3v) is 2.81. The van der Waals surface area contributed by atoms with Crippen LogP contribution in [0.15, 0.2) is 24.3 Å².